The molecule has 0 radical (unpaired) electrons. The monoisotopic (exact) mass is 159 g/mol. The molecule has 0 unspecified atom stereocenters. The maximum atomic E-state index is 12.8. The Labute approximate surface area is 62.2 Å². The molecule has 0 amide bonds. The first kappa shape index (κ1) is 7.87. The Balaban J connectivity index is 3.25. The number of nitrogens with zero attached hydrogens (tertiary/aromatic N) is 1. The molecular formula is C6H7F2N3. The molecule has 11 heavy (non-hydrogen) atoms. The van der Waals surface area contributed by atoms with Crippen molar-refractivity contribution in [2.45, 2.75) is 6.92 Å². The first-order valence-corrected chi connectivity index (χ1v) is 2.94. The highest BCUT2D eigenvalue weighted by atomic mass is 19.1. The third-order valence-corrected chi connectivity index (χ3v) is 1.34. The van der Waals surface area contributed by atoms with Crippen molar-refractivity contribution < 1.29 is 8.78 Å². The van der Waals surface area contributed by atoms with E-state index in [1.807, 2.05) is 5.43 Å². The Kier molecular flexibility index (Phi) is 2.00. The summed E-state index contributed by atoms with van der Waals surface area (Å²) >= 11 is 0. The molecule has 0 bridgehead atoms. The molecule has 0 aliphatic rings. The van der Waals surface area contributed by atoms with Crippen molar-refractivity contribution in [1.29, 1.82) is 0 Å². The minimum absolute atomic E-state index is 0.0899. The Hall–Kier alpha value is -1.23. The van der Waals surface area contributed by atoms with Crippen LogP contribution in [0.15, 0.2) is 6.20 Å². The first-order valence-electron chi connectivity index (χ1n) is 2.94. The summed E-state index contributed by atoms with van der Waals surface area (Å²) in [5.74, 6) is 3.31. The van der Waals surface area contributed by atoms with Crippen LogP contribution in [-0.4, -0.2) is 4.98 Å². The van der Waals surface area contributed by atoms with E-state index >= 15 is 0 Å². The second-order valence-corrected chi connectivity index (χ2v) is 2.04. The molecule has 0 spiro atoms. The van der Waals surface area contributed by atoms with Crippen LogP contribution in [0.2, 0.25) is 0 Å². The Bertz CT molecular complexity index is 275. The van der Waals surface area contributed by atoms with E-state index in [0.29, 0.717) is 0 Å². The number of aromatic nitrogens is 1. The fourth-order valence-electron chi connectivity index (χ4n) is 0.658. The number of anilines is 1. The zero-order valence-electron chi connectivity index (χ0n) is 5.86. The van der Waals surface area contributed by atoms with Gasteiger partial charge in [0, 0.05) is 5.56 Å². The van der Waals surface area contributed by atoms with Gasteiger partial charge in [0.05, 0.1) is 6.20 Å². The van der Waals surface area contributed by atoms with Crippen LogP contribution in [0.5, 0.6) is 0 Å². The fourth-order valence-corrected chi connectivity index (χ4v) is 0.658. The summed E-state index contributed by atoms with van der Waals surface area (Å²) in [6.45, 7) is 1.31. The van der Waals surface area contributed by atoms with Crippen LogP contribution in [0.25, 0.3) is 0 Å². The molecule has 0 aliphatic carbocycles. The van der Waals surface area contributed by atoms with Gasteiger partial charge in [0.15, 0.2) is 11.6 Å². The Morgan fingerprint density at radius 1 is 1.55 bits per heavy atom. The molecular weight excluding hydrogens is 152 g/mol. The van der Waals surface area contributed by atoms with Gasteiger partial charge in [-0.05, 0) is 6.92 Å². The predicted octanol–water partition coefficient (Wildman–Crippen LogP) is 0.954. The van der Waals surface area contributed by atoms with Crippen LogP contribution in [0.4, 0.5) is 14.6 Å². The highest BCUT2D eigenvalue weighted by Gasteiger charge is 2.09. The molecule has 0 saturated heterocycles. The Morgan fingerprint density at radius 2 is 2.18 bits per heavy atom. The van der Waals surface area contributed by atoms with Crippen LogP contribution in [0.3, 0.4) is 0 Å². The quantitative estimate of drug-likeness (QED) is 0.474. The molecule has 3 N–H and O–H groups in total. The average molecular weight is 159 g/mol. The lowest BCUT2D eigenvalue weighted by atomic mass is 10.2. The molecule has 60 valence electrons. The number of rotatable bonds is 1. The van der Waals surface area contributed by atoms with Crippen molar-refractivity contribution in [2.24, 2.45) is 5.84 Å². The summed E-state index contributed by atoms with van der Waals surface area (Å²) in [7, 11) is 0. The standard InChI is InChI=1S/C6H7F2N3/c1-3-4(7)2-10-6(11-9)5(3)8/h2H,9H2,1H3,(H,10,11). The highest BCUT2D eigenvalue weighted by molar-refractivity contribution is 5.38. The molecule has 1 heterocycles. The first-order chi connectivity index (χ1) is 5.16. The normalized spacial score (nSPS) is 9.82. The number of hydrazine groups is 1. The van der Waals surface area contributed by atoms with Gasteiger partial charge in [0.2, 0.25) is 0 Å². The topological polar surface area (TPSA) is 50.9 Å². The van der Waals surface area contributed by atoms with Crippen LogP contribution < -0.4 is 11.3 Å². The van der Waals surface area contributed by atoms with Gasteiger partial charge in [-0.25, -0.2) is 19.6 Å². The van der Waals surface area contributed by atoms with Crippen molar-refractivity contribution in [2.75, 3.05) is 5.43 Å². The minimum atomic E-state index is -0.757. The largest absolute Gasteiger partial charge is 0.306 e. The smallest absolute Gasteiger partial charge is 0.176 e. The van der Waals surface area contributed by atoms with E-state index in [-0.39, 0.29) is 11.4 Å². The van der Waals surface area contributed by atoms with Gasteiger partial charge in [0.25, 0.3) is 0 Å². The molecule has 1 aromatic rings. The van der Waals surface area contributed by atoms with E-state index in [0.717, 1.165) is 6.20 Å². The van der Waals surface area contributed by atoms with Crippen LogP contribution in [0, 0.1) is 18.6 Å². The number of nitrogen functional groups attached to an aromatic ring is 1. The predicted molar refractivity (Wildman–Crippen MR) is 36.7 cm³/mol. The lowest BCUT2D eigenvalue weighted by Crippen LogP contribution is -2.11. The van der Waals surface area contributed by atoms with Crippen LogP contribution in [0.1, 0.15) is 5.56 Å². The number of pyridine rings is 1. The molecule has 3 nitrogen and oxygen atoms in total. The second-order valence-electron chi connectivity index (χ2n) is 2.04. The third kappa shape index (κ3) is 1.27. The molecule has 0 fully saturated rings. The minimum Gasteiger partial charge on any atom is -0.306 e. The molecule has 5 heteroatoms. The van der Waals surface area contributed by atoms with E-state index in [2.05, 4.69) is 4.98 Å². The zero-order chi connectivity index (χ0) is 8.43. The number of hydrogen-bond donors (Lipinski definition) is 2. The van der Waals surface area contributed by atoms with Crippen molar-refractivity contribution in [1.82, 2.24) is 4.98 Å². The summed E-state index contributed by atoms with van der Waals surface area (Å²) in [6, 6.07) is 0. The second kappa shape index (κ2) is 2.79. The lowest BCUT2D eigenvalue weighted by molar-refractivity contribution is 0.561. The molecule has 0 atom stereocenters. The number of nitrogens with two attached hydrogens (primary N) is 1. The van der Waals surface area contributed by atoms with E-state index in [4.69, 9.17) is 5.84 Å². The van der Waals surface area contributed by atoms with Crippen molar-refractivity contribution in [3.05, 3.63) is 23.4 Å². The fraction of sp³-hybridized carbons (Fsp3) is 0.167. The van der Waals surface area contributed by atoms with Crippen LogP contribution >= 0.6 is 0 Å². The van der Waals surface area contributed by atoms with Gasteiger partial charge in [-0.2, -0.15) is 0 Å². The number of halogens is 2. The molecule has 0 aromatic carbocycles. The average Bonchev–Trinajstić information content (AvgIpc) is 2.01. The van der Waals surface area contributed by atoms with E-state index in [9.17, 15) is 8.78 Å². The number of hydrogen-bond acceptors (Lipinski definition) is 3. The third-order valence-electron chi connectivity index (χ3n) is 1.34. The van der Waals surface area contributed by atoms with Crippen molar-refractivity contribution in [3.8, 4) is 0 Å². The van der Waals surface area contributed by atoms with E-state index < -0.39 is 11.6 Å². The lowest BCUT2D eigenvalue weighted by Gasteiger charge is -2.02. The summed E-state index contributed by atoms with van der Waals surface area (Å²) in [5.41, 5.74) is 1.92. The SMILES string of the molecule is Cc1c(F)cnc(NN)c1F. The van der Waals surface area contributed by atoms with Gasteiger partial charge in [-0.15, -0.1) is 0 Å². The van der Waals surface area contributed by atoms with Crippen molar-refractivity contribution in [3.63, 3.8) is 0 Å². The Morgan fingerprint density at radius 3 is 2.73 bits per heavy atom. The maximum absolute atomic E-state index is 12.8. The van der Waals surface area contributed by atoms with Crippen LogP contribution in [-0.2, 0) is 0 Å². The van der Waals surface area contributed by atoms with Crippen molar-refractivity contribution >= 4 is 5.82 Å². The van der Waals surface area contributed by atoms with Gasteiger partial charge in [0.1, 0.15) is 5.82 Å². The molecule has 1 aromatic heterocycles. The summed E-state index contributed by atoms with van der Waals surface area (Å²) < 4.78 is 25.3. The molecule has 1 rings (SSSR count). The highest BCUT2D eigenvalue weighted by Crippen LogP contribution is 2.15. The van der Waals surface area contributed by atoms with Gasteiger partial charge in [-0.1, -0.05) is 0 Å². The van der Waals surface area contributed by atoms with E-state index in [1.54, 1.807) is 0 Å². The zero-order valence-corrected chi connectivity index (χ0v) is 5.86. The maximum Gasteiger partial charge on any atom is 0.176 e. The molecule has 0 saturated carbocycles. The van der Waals surface area contributed by atoms with Gasteiger partial charge in [-0.3, -0.25) is 0 Å². The van der Waals surface area contributed by atoms with Gasteiger partial charge >= 0.3 is 0 Å². The van der Waals surface area contributed by atoms with Gasteiger partial charge < -0.3 is 5.43 Å². The summed E-state index contributed by atoms with van der Waals surface area (Å²) in [6.07, 6.45) is 0.910. The summed E-state index contributed by atoms with van der Waals surface area (Å²) in [5, 5.41) is 0. The molecule has 0 aliphatic heterocycles. The van der Waals surface area contributed by atoms with E-state index in [1.165, 1.54) is 6.92 Å². The summed E-state index contributed by atoms with van der Waals surface area (Å²) in [4.78, 5) is 3.37. The number of nitrogens with one attached hydrogen (secondary N) is 1.